The third-order valence-corrected chi connectivity index (χ3v) is 5.39. The molecule has 30 heavy (non-hydrogen) atoms. The monoisotopic (exact) mass is 404 g/mol. The van der Waals surface area contributed by atoms with Crippen molar-refractivity contribution >= 4 is 17.3 Å². The van der Waals surface area contributed by atoms with Gasteiger partial charge < -0.3 is 25.0 Å². The SMILES string of the molecule is COc1cc(N2CC3CNCC(C2)O3)ccc1Nc1nccc(-c2cccnc2)n1. The van der Waals surface area contributed by atoms with Gasteiger partial charge >= 0.3 is 0 Å². The molecule has 8 heteroatoms. The molecule has 3 aromatic rings. The third kappa shape index (κ3) is 3.92. The number of rotatable bonds is 5. The average Bonchev–Trinajstić information content (AvgIpc) is 2.80. The van der Waals surface area contributed by atoms with Gasteiger partial charge in [-0.2, -0.15) is 0 Å². The van der Waals surface area contributed by atoms with E-state index in [1.54, 1.807) is 25.7 Å². The minimum Gasteiger partial charge on any atom is -0.494 e. The number of hydrogen-bond acceptors (Lipinski definition) is 8. The van der Waals surface area contributed by atoms with Gasteiger partial charge in [0.1, 0.15) is 5.75 Å². The van der Waals surface area contributed by atoms with Gasteiger partial charge in [-0.1, -0.05) is 0 Å². The van der Waals surface area contributed by atoms with Crippen molar-refractivity contribution in [3.63, 3.8) is 0 Å². The Balaban J connectivity index is 1.37. The molecule has 2 aliphatic heterocycles. The molecule has 2 bridgehead atoms. The molecule has 0 saturated carbocycles. The van der Waals surface area contributed by atoms with Crippen molar-refractivity contribution < 1.29 is 9.47 Å². The van der Waals surface area contributed by atoms with E-state index >= 15 is 0 Å². The van der Waals surface area contributed by atoms with Crippen LogP contribution in [0.5, 0.6) is 5.75 Å². The number of fused-ring (bicyclic) bond motifs is 2. The summed E-state index contributed by atoms with van der Waals surface area (Å²) >= 11 is 0. The molecule has 2 aliphatic rings. The van der Waals surface area contributed by atoms with Crippen LogP contribution in [-0.4, -0.2) is 60.4 Å². The Morgan fingerprint density at radius 1 is 1.13 bits per heavy atom. The van der Waals surface area contributed by atoms with Crippen molar-refractivity contribution in [2.24, 2.45) is 0 Å². The van der Waals surface area contributed by atoms with Crippen molar-refractivity contribution in [2.75, 3.05) is 43.5 Å². The molecule has 2 fully saturated rings. The first-order valence-corrected chi connectivity index (χ1v) is 10.1. The average molecular weight is 404 g/mol. The van der Waals surface area contributed by atoms with Crippen LogP contribution in [0.25, 0.3) is 11.3 Å². The van der Waals surface area contributed by atoms with Crippen LogP contribution in [-0.2, 0) is 4.74 Å². The summed E-state index contributed by atoms with van der Waals surface area (Å²) in [5.74, 6) is 1.26. The number of hydrogen-bond donors (Lipinski definition) is 2. The Morgan fingerprint density at radius 2 is 2.00 bits per heavy atom. The number of pyridine rings is 1. The fourth-order valence-electron chi connectivity index (χ4n) is 3.96. The number of nitrogens with one attached hydrogen (secondary N) is 2. The summed E-state index contributed by atoms with van der Waals surface area (Å²) < 4.78 is 11.7. The zero-order valence-corrected chi connectivity index (χ0v) is 16.8. The van der Waals surface area contributed by atoms with Crippen LogP contribution in [0.1, 0.15) is 0 Å². The maximum absolute atomic E-state index is 6.01. The molecule has 0 amide bonds. The molecule has 1 aromatic carbocycles. The van der Waals surface area contributed by atoms with Crippen LogP contribution in [0.4, 0.5) is 17.3 Å². The smallest absolute Gasteiger partial charge is 0.227 e. The van der Waals surface area contributed by atoms with Gasteiger partial charge in [0.25, 0.3) is 0 Å². The van der Waals surface area contributed by atoms with Crippen LogP contribution >= 0.6 is 0 Å². The highest BCUT2D eigenvalue weighted by molar-refractivity contribution is 5.69. The molecule has 2 aromatic heterocycles. The third-order valence-electron chi connectivity index (χ3n) is 5.39. The Morgan fingerprint density at radius 3 is 2.77 bits per heavy atom. The van der Waals surface area contributed by atoms with Gasteiger partial charge in [-0.3, -0.25) is 4.98 Å². The van der Waals surface area contributed by atoms with Gasteiger partial charge in [-0.15, -0.1) is 0 Å². The van der Waals surface area contributed by atoms with E-state index in [1.807, 2.05) is 24.3 Å². The maximum Gasteiger partial charge on any atom is 0.227 e. The van der Waals surface area contributed by atoms with Crippen molar-refractivity contribution in [2.45, 2.75) is 12.2 Å². The molecule has 4 heterocycles. The van der Waals surface area contributed by atoms with Gasteiger partial charge in [0.15, 0.2) is 0 Å². The molecule has 2 N–H and O–H groups in total. The van der Waals surface area contributed by atoms with E-state index in [4.69, 9.17) is 9.47 Å². The van der Waals surface area contributed by atoms with E-state index in [0.29, 0.717) is 5.95 Å². The Labute approximate surface area is 175 Å². The highest BCUT2D eigenvalue weighted by atomic mass is 16.5. The predicted molar refractivity (Wildman–Crippen MR) is 115 cm³/mol. The number of anilines is 3. The van der Waals surface area contributed by atoms with E-state index in [2.05, 4.69) is 42.6 Å². The number of aromatic nitrogens is 3. The lowest BCUT2D eigenvalue weighted by Crippen LogP contribution is -2.58. The molecular formula is C22H24N6O2. The van der Waals surface area contributed by atoms with Gasteiger partial charge in [0.2, 0.25) is 5.95 Å². The van der Waals surface area contributed by atoms with Crippen LogP contribution in [0, 0.1) is 0 Å². The lowest BCUT2D eigenvalue weighted by molar-refractivity contribution is -0.0484. The number of benzene rings is 1. The topological polar surface area (TPSA) is 84.4 Å². The van der Waals surface area contributed by atoms with E-state index in [9.17, 15) is 0 Å². The first kappa shape index (κ1) is 18.8. The quantitative estimate of drug-likeness (QED) is 0.671. The second kappa shape index (κ2) is 8.25. The zero-order valence-electron chi connectivity index (χ0n) is 16.8. The van der Waals surface area contributed by atoms with Gasteiger partial charge in [-0.05, 0) is 30.3 Å². The Kier molecular flexibility index (Phi) is 5.17. The second-order valence-corrected chi connectivity index (χ2v) is 7.46. The Bertz CT molecular complexity index is 1000. The fourth-order valence-corrected chi connectivity index (χ4v) is 3.96. The summed E-state index contributed by atoms with van der Waals surface area (Å²) in [6.07, 6.45) is 5.72. The Hall–Kier alpha value is -3.23. The van der Waals surface area contributed by atoms with Crippen LogP contribution in [0.2, 0.25) is 0 Å². The van der Waals surface area contributed by atoms with Crippen LogP contribution in [0.3, 0.4) is 0 Å². The van der Waals surface area contributed by atoms with Gasteiger partial charge in [-0.25, -0.2) is 9.97 Å². The number of ether oxygens (including phenoxy) is 2. The highest BCUT2D eigenvalue weighted by Crippen LogP contribution is 2.33. The summed E-state index contributed by atoms with van der Waals surface area (Å²) in [5, 5.41) is 6.71. The number of methoxy groups -OCH3 is 1. The molecule has 0 spiro atoms. The molecule has 2 atom stereocenters. The molecule has 8 nitrogen and oxygen atoms in total. The molecular weight excluding hydrogens is 380 g/mol. The first-order chi connectivity index (χ1) is 14.8. The molecule has 2 saturated heterocycles. The lowest BCUT2D eigenvalue weighted by Gasteiger charge is -2.43. The molecule has 0 radical (unpaired) electrons. The second-order valence-electron chi connectivity index (χ2n) is 7.46. The summed E-state index contributed by atoms with van der Waals surface area (Å²) in [6, 6.07) is 11.9. The van der Waals surface area contributed by atoms with Crippen molar-refractivity contribution in [3.8, 4) is 17.0 Å². The van der Waals surface area contributed by atoms with E-state index in [0.717, 1.165) is 54.6 Å². The minimum atomic E-state index is 0.227. The number of nitrogens with zero attached hydrogens (tertiary/aromatic N) is 4. The minimum absolute atomic E-state index is 0.227. The van der Waals surface area contributed by atoms with Crippen molar-refractivity contribution in [1.82, 2.24) is 20.3 Å². The van der Waals surface area contributed by atoms with Crippen molar-refractivity contribution in [1.29, 1.82) is 0 Å². The largest absolute Gasteiger partial charge is 0.494 e. The summed E-state index contributed by atoms with van der Waals surface area (Å²) in [4.78, 5) is 15.5. The number of morpholine rings is 2. The maximum atomic E-state index is 6.01. The van der Waals surface area contributed by atoms with Crippen molar-refractivity contribution in [3.05, 3.63) is 55.0 Å². The van der Waals surface area contributed by atoms with Gasteiger partial charge in [0.05, 0.1) is 30.7 Å². The lowest BCUT2D eigenvalue weighted by atomic mass is 10.1. The summed E-state index contributed by atoms with van der Waals surface area (Å²) in [5.41, 5.74) is 3.70. The first-order valence-electron chi connectivity index (χ1n) is 10.1. The highest BCUT2D eigenvalue weighted by Gasteiger charge is 2.31. The molecule has 5 rings (SSSR count). The zero-order chi connectivity index (χ0) is 20.3. The summed E-state index contributed by atoms with van der Waals surface area (Å²) in [7, 11) is 1.68. The molecule has 0 aliphatic carbocycles. The van der Waals surface area contributed by atoms with E-state index in [-0.39, 0.29) is 12.2 Å². The van der Waals surface area contributed by atoms with Gasteiger partial charge in [0, 0.05) is 62.1 Å². The van der Waals surface area contributed by atoms with E-state index in [1.165, 1.54) is 0 Å². The standard InChI is InChI=1S/C22H24N6O2/c1-29-21-9-16(28-13-17-11-24-12-18(14-28)30-17)4-5-20(21)27-22-25-8-6-19(26-22)15-3-2-7-23-10-15/h2-10,17-18,24H,11-14H2,1H3,(H,25,26,27). The predicted octanol–water partition coefficient (Wildman–Crippen LogP) is 2.47. The fraction of sp³-hybridized carbons (Fsp3) is 0.318. The summed E-state index contributed by atoms with van der Waals surface area (Å²) in [6.45, 7) is 3.54. The molecule has 2 unspecified atom stereocenters. The van der Waals surface area contributed by atoms with Crippen LogP contribution < -0.4 is 20.3 Å². The molecule has 154 valence electrons. The normalized spacial score (nSPS) is 20.6. The van der Waals surface area contributed by atoms with E-state index < -0.39 is 0 Å². The van der Waals surface area contributed by atoms with Crippen LogP contribution in [0.15, 0.2) is 55.0 Å².